The molecule has 2 heterocycles. The van der Waals surface area contributed by atoms with Crippen LogP contribution in [-0.2, 0) is 16.6 Å². The topological polar surface area (TPSA) is 43.7 Å². The van der Waals surface area contributed by atoms with Crippen LogP contribution in [0.3, 0.4) is 0 Å². The monoisotopic (exact) mass is 334 g/mol. The summed E-state index contributed by atoms with van der Waals surface area (Å²) in [6, 6.07) is 11.0. The molecule has 0 radical (unpaired) electrons. The lowest BCUT2D eigenvalue weighted by molar-refractivity contribution is -0.142. The molecule has 3 rings (SSSR count). The van der Waals surface area contributed by atoms with Crippen LogP contribution in [0, 0.1) is 0 Å². The summed E-state index contributed by atoms with van der Waals surface area (Å²) in [6.07, 6.45) is 1.97. The number of aromatic nitrogens is 1. The van der Waals surface area contributed by atoms with Crippen LogP contribution in [0.25, 0.3) is 0 Å². The number of benzene rings is 1. The Morgan fingerprint density at radius 3 is 2.91 bits per heavy atom. The van der Waals surface area contributed by atoms with Crippen LogP contribution in [-0.4, -0.2) is 41.7 Å². The summed E-state index contributed by atoms with van der Waals surface area (Å²) in [5, 5.41) is 0.501. The van der Waals surface area contributed by atoms with Crippen LogP contribution in [0.1, 0.15) is 11.7 Å². The van der Waals surface area contributed by atoms with Gasteiger partial charge in [-0.2, -0.15) is 0 Å². The number of rotatable bonds is 4. The van der Waals surface area contributed by atoms with Crippen molar-refractivity contribution in [3.05, 3.63) is 53.3 Å². The van der Waals surface area contributed by atoms with E-state index in [1.807, 2.05) is 47.0 Å². The van der Waals surface area contributed by atoms with Crippen molar-refractivity contribution in [2.75, 3.05) is 26.4 Å². The van der Waals surface area contributed by atoms with Crippen molar-refractivity contribution in [1.29, 1.82) is 0 Å². The largest absolute Gasteiger partial charge is 0.482 e. The van der Waals surface area contributed by atoms with E-state index >= 15 is 0 Å². The molecule has 5 nitrogen and oxygen atoms in total. The molecule has 1 aromatic carbocycles. The molecule has 0 saturated carbocycles. The summed E-state index contributed by atoms with van der Waals surface area (Å²) >= 11 is 6.05. The van der Waals surface area contributed by atoms with E-state index in [1.54, 1.807) is 12.1 Å². The molecule has 23 heavy (non-hydrogen) atoms. The Bertz CT molecular complexity index is 686. The van der Waals surface area contributed by atoms with Gasteiger partial charge in [0.25, 0.3) is 5.91 Å². The van der Waals surface area contributed by atoms with Gasteiger partial charge in [-0.3, -0.25) is 4.79 Å². The summed E-state index contributed by atoms with van der Waals surface area (Å²) in [7, 11) is 1.97. The minimum atomic E-state index is -0.0916. The summed E-state index contributed by atoms with van der Waals surface area (Å²) in [6.45, 7) is 1.56. The Balaban J connectivity index is 1.69. The van der Waals surface area contributed by atoms with Gasteiger partial charge in [-0.15, -0.1) is 0 Å². The molecule has 1 aliphatic rings. The summed E-state index contributed by atoms with van der Waals surface area (Å²) in [4.78, 5) is 14.4. The van der Waals surface area contributed by atoms with Crippen LogP contribution < -0.4 is 4.74 Å². The van der Waals surface area contributed by atoms with E-state index < -0.39 is 0 Å². The van der Waals surface area contributed by atoms with Gasteiger partial charge in [0.05, 0.1) is 24.3 Å². The van der Waals surface area contributed by atoms with Crippen molar-refractivity contribution in [3.63, 3.8) is 0 Å². The number of carbonyl (C=O) groups excluding carboxylic acids is 1. The lowest BCUT2D eigenvalue weighted by atomic mass is 10.1. The molecule has 1 unspecified atom stereocenters. The molecule has 122 valence electrons. The van der Waals surface area contributed by atoms with Gasteiger partial charge in [0.2, 0.25) is 0 Å². The highest BCUT2D eigenvalue weighted by Gasteiger charge is 2.30. The van der Waals surface area contributed by atoms with E-state index in [4.69, 9.17) is 21.1 Å². The van der Waals surface area contributed by atoms with E-state index in [9.17, 15) is 4.79 Å². The Morgan fingerprint density at radius 1 is 1.35 bits per heavy atom. The average molecular weight is 335 g/mol. The van der Waals surface area contributed by atoms with Crippen LogP contribution >= 0.6 is 11.6 Å². The van der Waals surface area contributed by atoms with E-state index in [-0.39, 0.29) is 18.6 Å². The molecule has 1 saturated heterocycles. The minimum Gasteiger partial charge on any atom is -0.482 e. The zero-order valence-electron chi connectivity index (χ0n) is 12.9. The first kappa shape index (κ1) is 15.9. The molecule has 0 bridgehead atoms. The van der Waals surface area contributed by atoms with Crippen LogP contribution in [0.4, 0.5) is 0 Å². The standard InChI is InChI=1S/C17H19ClN2O3/c1-19-8-4-6-14(19)15-11-22-10-9-20(15)17(21)12-23-16-7-3-2-5-13(16)18/h2-8,15H,9-12H2,1H3. The number of amides is 1. The third-order valence-corrected chi connectivity index (χ3v) is 4.27. The lowest BCUT2D eigenvalue weighted by Gasteiger charge is -2.35. The average Bonchev–Trinajstić information content (AvgIpc) is 3.00. The zero-order valence-corrected chi connectivity index (χ0v) is 13.7. The number of nitrogens with zero attached hydrogens (tertiary/aromatic N) is 2. The van der Waals surface area contributed by atoms with Crippen LogP contribution in [0.2, 0.25) is 5.02 Å². The molecule has 1 fully saturated rings. The number of aryl methyl sites for hydroxylation is 1. The maximum absolute atomic E-state index is 12.6. The smallest absolute Gasteiger partial charge is 0.261 e. The Morgan fingerprint density at radius 2 is 2.17 bits per heavy atom. The molecule has 0 N–H and O–H groups in total. The van der Waals surface area contributed by atoms with Gasteiger partial charge in [0.1, 0.15) is 5.75 Å². The fourth-order valence-electron chi connectivity index (χ4n) is 2.75. The lowest BCUT2D eigenvalue weighted by Crippen LogP contribution is -2.45. The van der Waals surface area contributed by atoms with Crippen molar-refractivity contribution < 1.29 is 14.3 Å². The van der Waals surface area contributed by atoms with Crippen molar-refractivity contribution in [2.24, 2.45) is 7.05 Å². The summed E-state index contributed by atoms with van der Waals surface area (Å²) < 4.78 is 13.1. The van der Waals surface area contributed by atoms with Gasteiger partial charge in [-0.1, -0.05) is 23.7 Å². The van der Waals surface area contributed by atoms with Crippen LogP contribution in [0.5, 0.6) is 5.75 Å². The molecule has 1 atom stereocenters. The highest BCUT2D eigenvalue weighted by atomic mass is 35.5. The normalized spacial score (nSPS) is 18.0. The first-order chi connectivity index (χ1) is 11.2. The quantitative estimate of drug-likeness (QED) is 0.863. The number of carbonyl (C=O) groups is 1. The highest BCUT2D eigenvalue weighted by molar-refractivity contribution is 6.32. The molecule has 1 aliphatic heterocycles. The van der Waals surface area contributed by atoms with Gasteiger partial charge < -0.3 is 18.9 Å². The van der Waals surface area contributed by atoms with Crippen molar-refractivity contribution >= 4 is 17.5 Å². The molecular weight excluding hydrogens is 316 g/mol. The maximum Gasteiger partial charge on any atom is 0.261 e. The van der Waals surface area contributed by atoms with Gasteiger partial charge in [-0.05, 0) is 24.3 Å². The van der Waals surface area contributed by atoms with Gasteiger partial charge in [0, 0.05) is 25.5 Å². The SMILES string of the molecule is Cn1cccc1C1COCCN1C(=O)COc1ccccc1Cl. The van der Waals surface area contributed by atoms with Crippen molar-refractivity contribution in [2.45, 2.75) is 6.04 Å². The van der Waals surface area contributed by atoms with Crippen molar-refractivity contribution in [3.8, 4) is 5.75 Å². The zero-order chi connectivity index (χ0) is 16.2. The summed E-state index contributed by atoms with van der Waals surface area (Å²) in [5.41, 5.74) is 1.05. The van der Waals surface area contributed by atoms with E-state index in [2.05, 4.69) is 0 Å². The van der Waals surface area contributed by atoms with E-state index in [1.165, 1.54) is 0 Å². The molecular formula is C17H19ClN2O3. The second-order valence-electron chi connectivity index (χ2n) is 5.44. The molecule has 0 aliphatic carbocycles. The summed E-state index contributed by atoms with van der Waals surface area (Å²) in [5.74, 6) is 0.450. The fraction of sp³-hybridized carbons (Fsp3) is 0.353. The van der Waals surface area contributed by atoms with E-state index in [0.29, 0.717) is 30.5 Å². The molecule has 0 spiro atoms. The van der Waals surface area contributed by atoms with Crippen LogP contribution in [0.15, 0.2) is 42.6 Å². The predicted octanol–water partition coefficient (Wildman–Crippen LogP) is 2.66. The highest BCUT2D eigenvalue weighted by Crippen LogP contribution is 2.26. The van der Waals surface area contributed by atoms with Gasteiger partial charge in [0.15, 0.2) is 6.61 Å². The van der Waals surface area contributed by atoms with E-state index in [0.717, 1.165) is 5.69 Å². The number of ether oxygens (including phenoxy) is 2. The second kappa shape index (κ2) is 7.06. The first-order valence-electron chi connectivity index (χ1n) is 7.52. The third-order valence-electron chi connectivity index (χ3n) is 3.96. The van der Waals surface area contributed by atoms with Crippen molar-refractivity contribution in [1.82, 2.24) is 9.47 Å². The molecule has 1 amide bonds. The third kappa shape index (κ3) is 3.51. The second-order valence-corrected chi connectivity index (χ2v) is 5.85. The van der Waals surface area contributed by atoms with Gasteiger partial charge in [-0.25, -0.2) is 0 Å². The number of para-hydroxylation sites is 1. The number of hydrogen-bond donors (Lipinski definition) is 0. The Kier molecular flexibility index (Phi) is 4.88. The van der Waals surface area contributed by atoms with Gasteiger partial charge >= 0.3 is 0 Å². The Labute approximate surface area is 140 Å². The Hall–Kier alpha value is -1.98. The molecule has 2 aromatic rings. The molecule has 1 aromatic heterocycles. The number of hydrogen-bond acceptors (Lipinski definition) is 3. The fourth-order valence-corrected chi connectivity index (χ4v) is 2.94. The molecule has 6 heteroatoms. The maximum atomic E-state index is 12.6. The number of morpholine rings is 1. The first-order valence-corrected chi connectivity index (χ1v) is 7.90. The predicted molar refractivity (Wildman–Crippen MR) is 87.6 cm³/mol. The minimum absolute atomic E-state index is 0.0370. The number of halogens is 1.